The zero-order chi connectivity index (χ0) is 17.7. The molecule has 0 bridgehead atoms. The van der Waals surface area contributed by atoms with Crippen LogP contribution in [-0.2, 0) is 29.3 Å². The monoisotopic (exact) mass is 350 g/mol. The molecule has 0 atom stereocenters. The molecule has 0 aliphatic carbocycles. The van der Waals surface area contributed by atoms with Crippen molar-refractivity contribution in [1.82, 2.24) is 9.21 Å². The first-order chi connectivity index (χ1) is 11.4. The van der Waals surface area contributed by atoms with Crippen LogP contribution in [0.25, 0.3) is 0 Å². The molecular weight excluding hydrogens is 320 g/mol. The van der Waals surface area contributed by atoms with Crippen molar-refractivity contribution < 1.29 is 8.42 Å². The average molecular weight is 351 g/mol. The van der Waals surface area contributed by atoms with Crippen molar-refractivity contribution in [2.45, 2.75) is 64.2 Å². The van der Waals surface area contributed by atoms with Crippen LogP contribution in [0.15, 0.2) is 29.4 Å². The zero-order valence-corrected chi connectivity index (χ0v) is 16.2. The molecule has 0 fully saturated rings. The number of aryl methyl sites for hydroxylation is 3. The van der Waals surface area contributed by atoms with Gasteiger partial charge in [0.1, 0.15) is 6.67 Å². The van der Waals surface area contributed by atoms with Gasteiger partial charge >= 0.3 is 0 Å². The maximum Gasteiger partial charge on any atom is 0.265 e. The van der Waals surface area contributed by atoms with Gasteiger partial charge in [0.15, 0.2) is 0 Å². The largest absolute Gasteiger partial charge is 0.361 e. The predicted octanol–water partition coefficient (Wildman–Crippen LogP) is 3.91. The molecule has 0 amide bonds. The van der Waals surface area contributed by atoms with Crippen LogP contribution in [0.1, 0.15) is 56.7 Å². The maximum absolute atomic E-state index is 13.3. The van der Waals surface area contributed by atoms with Gasteiger partial charge in [-0.05, 0) is 36.0 Å². The Morgan fingerprint density at radius 3 is 1.88 bits per heavy atom. The molecule has 0 saturated heterocycles. The van der Waals surface area contributed by atoms with Gasteiger partial charge in [-0.3, -0.25) is 4.31 Å². The summed E-state index contributed by atoms with van der Waals surface area (Å²) < 4.78 is 28.0. The minimum Gasteiger partial charge on any atom is -0.361 e. The second-order valence-electron chi connectivity index (χ2n) is 6.58. The summed E-state index contributed by atoms with van der Waals surface area (Å²) in [5, 5.41) is 0. The quantitative estimate of drug-likeness (QED) is 0.714. The highest BCUT2D eigenvalue weighted by molar-refractivity contribution is 7.89. The van der Waals surface area contributed by atoms with E-state index in [1.165, 1.54) is 9.87 Å². The van der Waals surface area contributed by atoms with E-state index in [1.807, 2.05) is 18.1 Å². The van der Waals surface area contributed by atoms with Crippen LogP contribution in [-0.4, -0.2) is 31.3 Å². The van der Waals surface area contributed by atoms with Crippen LogP contribution in [0.4, 0.5) is 0 Å². The van der Waals surface area contributed by atoms with Gasteiger partial charge in [0, 0.05) is 19.4 Å². The molecule has 5 heteroatoms. The summed E-state index contributed by atoms with van der Waals surface area (Å²) in [6.07, 6.45) is 9.04. The first-order valence-corrected chi connectivity index (χ1v) is 10.4. The molecule has 1 aliphatic heterocycles. The highest BCUT2D eigenvalue weighted by Gasteiger charge is 2.30. The molecule has 24 heavy (non-hydrogen) atoms. The normalized spacial score (nSPS) is 14.7. The Morgan fingerprint density at radius 2 is 1.46 bits per heavy atom. The van der Waals surface area contributed by atoms with Gasteiger partial charge in [-0.2, -0.15) is 0 Å². The third kappa shape index (κ3) is 3.94. The van der Waals surface area contributed by atoms with Gasteiger partial charge in [0.25, 0.3) is 10.0 Å². The summed E-state index contributed by atoms with van der Waals surface area (Å²) in [4.78, 5) is 2.42. The Balaban J connectivity index is 2.58. The number of rotatable bonds is 8. The number of hydrogen-bond acceptors (Lipinski definition) is 3. The Bertz CT molecular complexity index is 668. The van der Waals surface area contributed by atoms with Crippen LogP contribution < -0.4 is 0 Å². The van der Waals surface area contributed by atoms with E-state index >= 15 is 0 Å². The molecule has 1 heterocycles. The Hall–Kier alpha value is -1.49. The second-order valence-corrected chi connectivity index (χ2v) is 8.41. The summed E-state index contributed by atoms with van der Waals surface area (Å²) in [7, 11) is -1.62. The molecule has 4 nitrogen and oxygen atoms in total. The van der Waals surface area contributed by atoms with Crippen molar-refractivity contribution in [2.75, 3.05) is 13.7 Å². The Morgan fingerprint density at radius 1 is 0.917 bits per heavy atom. The molecule has 0 radical (unpaired) electrons. The first kappa shape index (κ1) is 18.8. The van der Waals surface area contributed by atoms with Crippen molar-refractivity contribution in [3.05, 3.63) is 41.2 Å². The van der Waals surface area contributed by atoms with Crippen LogP contribution in [0.3, 0.4) is 0 Å². The molecular formula is C19H30N2O2S. The lowest BCUT2D eigenvalue weighted by atomic mass is 9.97. The number of sulfonamides is 1. The van der Waals surface area contributed by atoms with Gasteiger partial charge in [0.05, 0.1) is 4.90 Å². The van der Waals surface area contributed by atoms with Crippen LogP contribution >= 0.6 is 0 Å². The molecule has 0 spiro atoms. The summed E-state index contributed by atoms with van der Waals surface area (Å²) in [6.45, 7) is 6.75. The average Bonchev–Trinajstić information content (AvgIpc) is 2.95. The smallest absolute Gasteiger partial charge is 0.265 e. The number of hydrogen-bond donors (Lipinski definition) is 0. The van der Waals surface area contributed by atoms with E-state index in [0.29, 0.717) is 11.6 Å². The fourth-order valence-corrected chi connectivity index (χ4v) is 5.04. The molecule has 0 saturated carbocycles. The van der Waals surface area contributed by atoms with E-state index in [9.17, 15) is 8.42 Å². The van der Waals surface area contributed by atoms with Crippen molar-refractivity contribution in [3.63, 3.8) is 0 Å². The van der Waals surface area contributed by atoms with E-state index < -0.39 is 10.0 Å². The third-order valence-corrected chi connectivity index (χ3v) is 6.19. The van der Waals surface area contributed by atoms with Gasteiger partial charge < -0.3 is 4.90 Å². The molecule has 0 unspecified atom stereocenters. The Kier molecular flexibility index (Phi) is 6.33. The first-order valence-electron chi connectivity index (χ1n) is 8.99. The van der Waals surface area contributed by atoms with Crippen molar-refractivity contribution in [1.29, 1.82) is 0 Å². The number of benzene rings is 1. The van der Waals surface area contributed by atoms with Gasteiger partial charge in [-0.1, -0.05) is 52.2 Å². The molecule has 1 aliphatic rings. The molecule has 0 N–H and O–H groups in total. The van der Waals surface area contributed by atoms with Gasteiger partial charge in [-0.25, -0.2) is 8.42 Å². The van der Waals surface area contributed by atoms with Gasteiger partial charge in [0.2, 0.25) is 0 Å². The summed E-state index contributed by atoms with van der Waals surface area (Å²) in [6, 6.07) is 4.23. The predicted molar refractivity (Wildman–Crippen MR) is 99.2 cm³/mol. The standard InChI is InChI=1S/C19H30N2O2S/c1-5-8-16-13-17(9-6-2)19(18(14-16)10-7-3)24(22,23)21-12-11-20(4)15-21/h11-14H,5-10,15H2,1-4H3. The minimum absolute atomic E-state index is 0.385. The van der Waals surface area contributed by atoms with Crippen molar-refractivity contribution >= 4 is 10.0 Å². The molecule has 0 aromatic heterocycles. The van der Waals surface area contributed by atoms with Crippen LogP contribution in [0.2, 0.25) is 0 Å². The molecule has 134 valence electrons. The van der Waals surface area contributed by atoms with Crippen molar-refractivity contribution in [2.24, 2.45) is 0 Å². The third-order valence-electron chi connectivity index (χ3n) is 4.30. The fourth-order valence-electron chi connectivity index (χ4n) is 3.28. The molecule has 1 aromatic carbocycles. The van der Waals surface area contributed by atoms with E-state index in [2.05, 4.69) is 32.9 Å². The zero-order valence-electron chi connectivity index (χ0n) is 15.4. The fraction of sp³-hybridized carbons (Fsp3) is 0.579. The lowest BCUT2D eigenvalue weighted by molar-refractivity contribution is 0.385. The topological polar surface area (TPSA) is 40.6 Å². The van der Waals surface area contributed by atoms with E-state index in [-0.39, 0.29) is 0 Å². The highest BCUT2D eigenvalue weighted by Crippen LogP contribution is 2.30. The second kappa shape index (κ2) is 8.06. The Labute approximate surface area is 147 Å². The lowest BCUT2D eigenvalue weighted by Gasteiger charge is -2.23. The maximum atomic E-state index is 13.3. The van der Waals surface area contributed by atoms with E-state index in [0.717, 1.165) is 49.7 Å². The van der Waals surface area contributed by atoms with Crippen LogP contribution in [0, 0.1) is 0 Å². The lowest BCUT2D eigenvalue weighted by Crippen LogP contribution is -2.30. The summed E-state index contributed by atoms with van der Waals surface area (Å²) in [5.74, 6) is 0. The minimum atomic E-state index is -3.50. The number of nitrogens with zero attached hydrogens (tertiary/aromatic N) is 2. The summed E-state index contributed by atoms with van der Waals surface area (Å²) in [5.41, 5.74) is 3.22. The molecule has 2 rings (SSSR count). The van der Waals surface area contributed by atoms with E-state index in [1.54, 1.807) is 6.20 Å². The van der Waals surface area contributed by atoms with E-state index in [4.69, 9.17) is 0 Å². The van der Waals surface area contributed by atoms with Crippen molar-refractivity contribution in [3.8, 4) is 0 Å². The van der Waals surface area contributed by atoms with Crippen LogP contribution in [0.5, 0.6) is 0 Å². The highest BCUT2D eigenvalue weighted by atomic mass is 32.2. The summed E-state index contributed by atoms with van der Waals surface area (Å²) >= 11 is 0. The SMILES string of the molecule is CCCc1cc(CCC)c(S(=O)(=O)N2C=CN(C)C2)c(CCC)c1. The molecule has 1 aromatic rings. The van der Waals surface area contributed by atoms with Gasteiger partial charge in [-0.15, -0.1) is 0 Å².